The maximum atomic E-state index is 5.78. The van der Waals surface area contributed by atoms with Crippen LogP contribution in [0.15, 0.2) is 0 Å². The van der Waals surface area contributed by atoms with Crippen LogP contribution in [0, 0.1) is 5.41 Å². The van der Waals surface area contributed by atoms with Gasteiger partial charge in [0.25, 0.3) is 0 Å². The van der Waals surface area contributed by atoms with E-state index in [9.17, 15) is 0 Å². The van der Waals surface area contributed by atoms with Gasteiger partial charge in [-0.3, -0.25) is 4.90 Å². The van der Waals surface area contributed by atoms with Crippen molar-refractivity contribution in [3.63, 3.8) is 0 Å². The molecule has 0 amide bonds. The van der Waals surface area contributed by atoms with Gasteiger partial charge in [0, 0.05) is 6.54 Å². The van der Waals surface area contributed by atoms with Crippen LogP contribution in [0.5, 0.6) is 0 Å². The Labute approximate surface area is 57.0 Å². The summed E-state index contributed by atoms with van der Waals surface area (Å²) in [7, 11) is 2.08. The van der Waals surface area contributed by atoms with E-state index in [0.29, 0.717) is 11.6 Å². The van der Waals surface area contributed by atoms with Gasteiger partial charge in [0.1, 0.15) is 0 Å². The molecule has 0 saturated carbocycles. The van der Waals surface area contributed by atoms with Gasteiger partial charge in [-0.05, 0) is 18.9 Å². The van der Waals surface area contributed by atoms with Gasteiger partial charge in [0.2, 0.25) is 0 Å². The van der Waals surface area contributed by atoms with Crippen LogP contribution in [-0.4, -0.2) is 24.7 Å². The Morgan fingerprint density at radius 3 is 2.22 bits per heavy atom. The van der Waals surface area contributed by atoms with E-state index in [1.54, 1.807) is 0 Å². The first-order valence-corrected chi connectivity index (χ1v) is 3.47. The molecule has 1 rings (SSSR count). The van der Waals surface area contributed by atoms with Crippen LogP contribution < -0.4 is 5.73 Å². The minimum absolute atomic E-state index is 0.292. The monoisotopic (exact) mass is 128 g/mol. The molecule has 0 aliphatic carbocycles. The van der Waals surface area contributed by atoms with Crippen LogP contribution in [0.4, 0.5) is 0 Å². The number of hydrogen-bond acceptors (Lipinski definition) is 2. The van der Waals surface area contributed by atoms with Gasteiger partial charge < -0.3 is 5.73 Å². The van der Waals surface area contributed by atoms with E-state index < -0.39 is 0 Å². The Hall–Kier alpha value is -0.0800. The van der Waals surface area contributed by atoms with E-state index in [0.717, 1.165) is 13.0 Å². The fourth-order valence-corrected chi connectivity index (χ4v) is 1.58. The summed E-state index contributed by atoms with van der Waals surface area (Å²) in [6.45, 7) is 5.65. The highest BCUT2D eigenvalue weighted by Gasteiger charge is 2.32. The summed E-state index contributed by atoms with van der Waals surface area (Å²) in [5, 5.41) is 0. The predicted octanol–water partition coefficient (Wildman–Crippen LogP) is 0.633. The lowest BCUT2D eigenvalue weighted by molar-refractivity contribution is 0.300. The molecule has 1 unspecified atom stereocenters. The highest BCUT2D eigenvalue weighted by Crippen LogP contribution is 2.29. The lowest BCUT2D eigenvalue weighted by Crippen LogP contribution is -2.32. The SMILES string of the molecule is CN1CC(C)(C)CC1N. The van der Waals surface area contributed by atoms with E-state index in [4.69, 9.17) is 5.73 Å². The van der Waals surface area contributed by atoms with Crippen LogP contribution in [-0.2, 0) is 0 Å². The Balaban J connectivity index is 2.54. The third-order valence-corrected chi connectivity index (χ3v) is 2.01. The molecule has 54 valence electrons. The number of rotatable bonds is 0. The van der Waals surface area contributed by atoms with Crippen molar-refractivity contribution in [2.75, 3.05) is 13.6 Å². The number of nitrogens with zero attached hydrogens (tertiary/aromatic N) is 1. The summed E-state index contributed by atoms with van der Waals surface area (Å²) in [4.78, 5) is 2.21. The second-order valence-corrected chi connectivity index (χ2v) is 3.85. The topological polar surface area (TPSA) is 29.3 Å². The number of likely N-dealkylation sites (tertiary alicyclic amines) is 1. The Bertz CT molecular complexity index is 97.5. The molecule has 0 bridgehead atoms. The highest BCUT2D eigenvalue weighted by molar-refractivity contribution is 4.85. The molecule has 2 nitrogen and oxygen atoms in total. The maximum absolute atomic E-state index is 5.78. The smallest absolute Gasteiger partial charge is 0.0574 e. The van der Waals surface area contributed by atoms with Crippen molar-refractivity contribution in [3.8, 4) is 0 Å². The average Bonchev–Trinajstić information content (AvgIpc) is 1.79. The largest absolute Gasteiger partial charge is 0.316 e. The molecular weight excluding hydrogens is 112 g/mol. The van der Waals surface area contributed by atoms with Crippen LogP contribution >= 0.6 is 0 Å². The Morgan fingerprint density at radius 2 is 2.11 bits per heavy atom. The standard InChI is InChI=1S/C7H16N2/c1-7(2)4-6(8)9(3)5-7/h6H,4-5,8H2,1-3H3. The van der Waals surface area contributed by atoms with Gasteiger partial charge in [0.15, 0.2) is 0 Å². The van der Waals surface area contributed by atoms with E-state index >= 15 is 0 Å². The van der Waals surface area contributed by atoms with Gasteiger partial charge in [-0.1, -0.05) is 13.8 Å². The van der Waals surface area contributed by atoms with Crippen LogP contribution in [0.25, 0.3) is 0 Å². The van der Waals surface area contributed by atoms with Crippen molar-refractivity contribution in [3.05, 3.63) is 0 Å². The van der Waals surface area contributed by atoms with Crippen molar-refractivity contribution >= 4 is 0 Å². The summed E-state index contributed by atoms with van der Waals surface area (Å²) in [5.74, 6) is 0. The lowest BCUT2D eigenvalue weighted by Gasteiger charge is -2.15. The zero-order chi connectivity index (χ0) is 7.07. The molecule has 1 aliphatic rings. The summed E-state index contributed by atoms with van der Waals surface area (Å²) < 4.78 is 0. The third-order valence-electron chi connectivity index (χ3n) is 2.01. The minimum atomic E-state index is 0.292. The zero-order valence-electron chi connectivity index (χ0n) is 6.52. The first-order valence-electron chi connectivity index (χ1n) is 3.47. The van der Waals surface area contributed by atoms with Gasteiger partial charge >= 0.3 is 0 Å². The van der Waals surface area contributed by atoms with Crippen molar-refractivity contribution < 1.29 is 0 Å². The number of hydrogen-bond donors (Lipinski definition) is 1. The summed E-state index contributed by atoms with van der Waals surface area (Å²) in [6, 6.07) is 0. The predicted molar refractivity (Wildman–Crippen MR) is 39.0 cm³/mol. The second-order valence-electron chi connectivity index (χ2n) is 3.85. The first kappa shape index (κ1) is 7.03. The molecule has 9 heavy (non-hydrogen) atoms. The van der Waals surface area contributed by atoms with Crippen molar-refractivity contribution in [2.45, 2.75) is 26.4 Å². The van der Waals surface area contributed by atoms with Crippen LogP contribution in [0.2, 0.25) is 0 Å². The molecule has 1 aliphatic heterocycles. The van der Waals surface area contributed by atoms with E-state index in [1.807, 2.05) is 0 Å². The zero-order valence-corrected chi connectivity index (χ0v) is 6.52. The molecule has 0 radical (unpaired) electrons. The molecule has 0 aromatic heterocycles. The fourth-order valence-electron chi connectivity index (χ4n) is 1.58. The third kappa shape index (κ3) is 1.43. The van der Waals surface area contributed by atoms with Crippen molar-refractivity contribution in [1.29, 1.82) is 0 Å². The first-order chi connectivity index (χ1) is 4.01. The van der Waals surface area contributed by atoms with E-state index in [1.165, 1.54) is 0 Å². The lowest BCUT2D eigenvalue weighted by atomic mass is 9.92. The van der Waals surface area contributed by atoms with Gasteiger partial charge in [-0.25, -0.2) is 0 Å². The molecule has 0 spiro atoms. The molecule has 0 aromatic rings. The molecule has 0 aromatic carbocycles. The Morgan fingerprint density at radius 1 is 1.56 bits per heavy atom. The number of nitrogens with two attached hydrogens (primary N) is 1. The fraction of sp³-hybridized carbons (Fsp3) is 1.00. The normalized spacial score (nSPS) is 35.3. The molecule has 2 heteroatoms. The molecular formula is C7H16N2. The molecule has 1 atom stereocenters. The molecule has 1 fully saturated rings. The molecule has 1 heterocycles. The minimum Gasteiger partial charge on any atom is -0.316 e. The second kappa shape index (κ2) is 1.96. The maximum Gasteiger partial charge on any atom is 0.0574 e. The van der Waals surface area contributed by atoms with Gasteiger partial charge in [0.05, 0.1) is 6.17 Å². The van der Waals surface area contributed by atoms with Gasteiger partial charge in [-0.15, -0.1) is 0 Å². The van der Waals surface area contributed by atoms with Crippen LogP contribution in [0.3, 0.4) is 0 Å². The van der Waals surface area contributed by atoms with E-state index in [2.05, 4.69) is 25.8 Å². The van der Waals surface area contributed by atoms with Crippen molar-refractivity contribution in [2.24, 2.45) is 11.1 Å². The molecule has 2 N–H and O–H groups in total. The summed E-state index contributed by atoms with van der Waals surface area (Å²) in [6.07, 6.45) is 1.42. The highest BCUT2D eigenvalue weighted by atomic mass is 15.2. The Kier molecular flexibility index (Phi) is 1.53. The van der Waals surface area contributed by atoms with Gasteiger partial charge in [-0.2, -0.15) is 0 Å². The quantitative estimate of drug-likeness (QED) is 0.518. The van der Waals surface area contributed by atoms with E-state index in [-0.39, 0.29) is 0 Å². The summed E-state index contributed by atoms with van der Waals surface area (Å²) in [5.41, 5.74) is 6.22. The van der Waals surface area contributed by atoms with Crippen molar-refractivity contribution in [1.82, 2.24) is 4.90 Å². The summed E-state index contributed by atoms with van der Waals surface area (Å²) >= 11 is 0. The molecule has 1 saturated heterocycles. The van der Waals surface area contributed by atoms with Crippen LogP contribution in [0.1, 0.15) is 20.3 Å². The average molecular weight is 128 g/mol.